The van der Waals surface area contributed by atoms with E-state index in [1.165, 1.54) is 11.1 Å². The molecule has 1 saturated heterocycles. The number of amides is 1. The summed E-state index contributed by atoms with van der Waals surface area (Å²) in [6, 6.07) is 8.70. The number of benzene rings is 1. The van der Waals surface area contributed by atoms with Crippen molar-refractivity contribution >= 4 is 21.8 Å². The van der Waals surface area contributed by atoms with Crippen LogP contribution >= 0.6 is 15.9 Å². The first-order valence-corrected chi connectivity index (χ1v) is 8.42. The first kappa shape index (κ1) is 14.1. The fraction of sp³-hybridized carbons (Fsp3) is 0.562. The quantitative estimate of drug-likeness (QED) is 0.775. The molecular weight excluding hydrogens is 318 g/mol. The van der Waals surface area contributed by atoms with Crippen LogP contribution < -0.4 is 0 Å². The minimum atomic E-state index is 0.143. The number of hydrogen-bond acceptors (Lipinski definition) is 2. The van der Waals surface area contributed by atoms with Crippen molar-refractivity contribution in [3.8, 4) is 0 Å². The van der Waals surface area contributed by atoms with Crippen molar-refractivity contribution in [1.29, 1.82) is 0 Å². The summed E-state index contributed by atoms with van der Waals surface area (Å²) in [5, 5.41) is 0.794. The molecule has 4 heteroatoms. The monoisotopic (exact) mass is 337 g/mol. The second kappa shape index (κ2) is 6.27. The summed E-state index contributed by atoms with van der Waals surface area (Å²) in [4.78, 5) is 14.8. The van der Waals surface area contributed by atoms with Crippen LogP contribution in [-0.4, -0.2) is 41.9 Å². The van der Waals surface area contributed by atoms with Crippen molar-refractivity contribution in [3.63, 3.8) is 0 Å². The van der Waals surface area contributed by atoms with Gasteiger partial charge in [-0.15, -0.1) is 0 Å². The lowest BCUT2D eigenvalue weighted by molar-refractivity contribution is -0.143. The molecule has 1 heterocycles. The van der Waals surface area contributed by atoms with E-state index in [0.29, 0.717) is 19.1 Å². The lowest BCUT2D eigenvalue weighted by atomic mass is 9.83. The first-order valence-electron chi connectivity index (χ1n) is 7.30. The van der Waals surface area contributed by atoms with Gasteiger partial charge < -0.3 is 9.64 Å². The number of halogens is 1. The second-order valence-corrected chi connectivity index (χ2v) is 6.27. The Hall–Kier alpha value is -0.870. The smallest absolute Gasteiger partial charge is 0.226 e. The van der Waals surface area contributed by atoms with Gasteiger partial charge in [-0.25, -0.2) is 0 Å². The molecule has 1 aliphatic carbocycles. The Labute approximate surface area is 128 Å². The Balaban J connectivity index is 1.72. The van der Waals surface area contributed by atoms with Gasteiger partial charge in [0.1, 0.15) is 0 Å². The van der Waals surface area contributed by atoms with Crippen molar-refractivity contribution in [2.45, 2.75) is 25.3 Å². The average molecular weight is 338 g/mol. The van der Waals surface area contributed by atoms with E-state index in [2.05, 4.69) is 40.2 Å². The largest absolute Gasteiger partial charge is 0.377 e. The Bertz CT molecular complexity index is 491. The number of hydrogen-bond donors (Lipinski definition) is 0. The predicted molar refractivity (Wildman–Crippen MR) is 82.1 cm³/mol. The number of rotatable bonds is 2. The summed E-state index contributed by atoms with van der Waals surface area (Å²) in [5.74, 6) is 0.455. The van der Waals surface area contributed by atoms with Crippen molar-refractivity contribution in [1.82, 2.24) is 4.90 Å². The fourth-order valence-electron chi connectivity index (χ4n) is 3.22. The van der Waals surface area contributed by atoms with Gasteiger partial charge in [-0.05, 0) is 30.4 Å². The fourth-order valence-corrected chi connectivity index (χ4v) is 3.75. The molecule has 1 aromatic rings. The highest BCUT2D eigenvalue weighted by atomic mass is 79.9. The lowest BCUT2D eigenvalue weighted by Gasteiger charge is -2.38. The van der Waals surface area contributed by atoms with Crippen molar-refractivity contribution < 1.29 is 9.53 Å². The zero-order chi connectivity index (χ0) is 13.9. The number of carbonyl (C=O) groups excluding carboxylic acids is 1. The molecule has 1 aromatic carbocycles. The van der Waals surface area contributed by atoms with Gasteiger partial charge in [-0.2, -0.15) is 0 Å². The van der Waals surface area contributed by atoms with Gasteiger partial charge in [-0.1, -0.05) is 40.2 Å². The van der Waals surface area contributed by atoms with Crippen LogP contribution in [0.5, 0.6) is 0 Å². The number of carbonyl (C=O) groups is 1. The summed E-state index contributed by atoms with van der Waals surface area (Å²) in [7, 11) is 0. The average Bonchev–Trinajstić information content (AvgIpc) is 2.53. The molecule has 0 N–H and O–H groups in total. The van der Waals surface area contributed by atoms with Crippen LogP contribution in [-0.2, 0) is 22.4 Å². The summed E-state index contributed by atoms with van der Waals surface area (Å²) in [6.45, 7) is 2.05. The maximum absolute atomic E-state index is 12.8. The van der Waals surface area contributed by atoms with E-state index < -0.39 is 0 Å². The van der Waals surface area contributed by atoms with Crippen LogP contribution in [0.2, 0.25) is 0 Å². The van der Waals surface area contributed by atoms with Crippen LogP contribution in [0, 0.1) is 5.92 Å². The molecular formula is C16H20BrNO2. The molecule has 1 amide bonds. The number of alkyl halides is 1. The molecule has 0 radical (unpaired) electrons. The van der Waals surface area contributed by atoms with Crippen molar-refractivity contribution in [3.05, 3.63) is 35.4 Å². The van der Waals surface area contributed by atoms with E-state index in [9.17, 15) is 4.79 Å². The van der Waals surface area contributed by atoms with E-state index in [-0.39, 0.29) is 12.0 Å². The van der Waals surface area contributed by atoms with Gasteiger partial charge in [0.25, 0.3) is 0 Å². The molecule has 108 valence electrons. The first-order chi connectivity index (χ1) is 9.79. The van der Waals surface area contributed by atoms with Crippen LogP contribution in [0.15, 0.2) is 24.3 Å². The SMILES string of the molecule is O=C(C1CCc2ccccc2C1)N1CCOCC1CBr. The molecule has 20 heavy (non-hydrogen) atoms. The second-order valence-electron chi connectivity index (χ2n) is 5.62. The van der Waals surface area contributed by atoms with E-state index in [1.807, 2.05) is 4.90 Å². The Morgan fingerprint density at radius 3 is 2.95 bits per heavy atom. The van der Waals surface area contributed by atoms with Gasteiger partial charge >= 0.3 is 0 Å². The zero-order valence-electron chi connectivity index (χ0n) is 11.6. The Kier molecular flexibility index (Phi) is 4.41. The van der Waals surface area contributed by atoms with Crippen LogP contribution in [0.3, 0.4) is 0 Å². The highest BCUT2D eigenvalue weighted by Crippen LogP contribution is 2.27. The van der Waals surface area contributed by atoms with E-state index in [1.54, 1.807) is 0 Å². The predicted octanol–water partition coefficient (Wildman–Crippen LogP) is 2.41. The third-order valence-electron chi connectivity index (χ3n) is 4.38. The lowest BCUT2D eigenvalue weighted by Crippen LogP contribution is -2.52. The number of ether oxygens (including phenoxy) is 1. The van der Waals surface area contributed by atoms with Crippen LogP contribution in [0.4, 0.5) is 0 Å². The molecule has 1 aliphatic heterocycles. The van der Waals surface area contributed by atoms with Crippen LogP contribution in [0.25, 0.3) is 0 Å². The minimum Gasteiger partial charge on any atom is -0.377 e. The highest BCUT2D eigenvalue weighted by Gasteiger charge is 2.33. The van der Waals surface area contributed by atoms with Gasteiger partial charge in [0, 0.05) is 17.8 Å². The third kappa shape index (κ3) is 2.77. The summed E-state index contributed by atoms with van der Waals surface area (Å²) in [6.07, 6.45) is 2.89. The highest BCUT2D eigenvalue weighted by molar-refractivity contribution is 9.09. The maximum atomic E-state index is 12.8. The van der Waals surface area contributed by atoms with E-state index in [4.69, 9.17) is 4.74 Å². The topological polar surface area (TPSA) is 29.5 Å². The van der Waals surface area contributed by atoms with Gasteiger partial charge in [0.15, 0.2) is 0 Å². The number of nitrogens with zero attached hydrogens (tertiary/aromatic N) is 1. The molecule has 3 nitrogen and oxygen atoms in total. The molecule has 2 aliphatic rings. The standard InChI is InChI=1S/C16H20BrNO2/c17-10-15-11-20-8-7-18(15)16(19)14-6-5-12-3-1-2-4-13(12)9-14/h1-4,14-15H,5-11H2. The van der Waals surface area contributed by atoms with Gasteiger partial charge in [0.05, 0.1) is 19.3 Å². The molecule has 2 atom stereocenters. The number of aryl methyl sites for hydroxylation is 1. The van der Waals surface area contributed by atoms with Crippen molar-refractivity contribution in [2.24, 2.45) is 5.92 Å². The summed E-state index contributed by atoms with van der Waals surface area (Å²) < 4.78 is 5.47. The van der Waals surface area contributed by atoms with Gasteiger partial charge in [-0.3, -0.25) is 4.79 Å². The van der Waals surface area contributed by atoms with Crippen molar-refractivity contribution in [2.75, 3.05) is 25.1 Å². The Morgan fingerprint density at radius 2 is 2.15 bits per heavy atom. The maximum Gasteiger partial charge on any atom is 0.226 e. The minimum absolute atomic E-state index is 0.143. The zero-order valence-corrected chi connectivity index (χ0v) is 13.1. The molecule has 0 bridgehead atoms. The third-order valence-corrected chi connectivity index (χ3v) is 5.13. The molecule has 2 unspecified atom stereocenters. The van der Waals surface area contributed by atoms with E-state index >= 15 is 0 Å². The molecule has 0 aromatic heterocycles. The molecule has 1 fully saturated rings. The molecule has 0 saturated carbocycles. The number of fused-ring (bicyclic) bond motifs is 1. The Morgan fingerprint density at radius 1 is 1.35 bits per heavy atom. The molecule has 0 spiro atoms. The summed E-state index contributed by atoms with van der Waals surface area (Å²) >= 11 is 3.50. The van der Waals surface area contributed by atoms with E-state index in [0.717, 1.165) is 31.1 Å². The number of morpholine rings is 1. The van der Waals surface area contributed by atoms with Gasteiger partial charge in [0.2, 0.25) is 5.91 Å². The summed E-state index contributed by atoms with van der Waals surface area (Å²) in [5.41, 5.74) is 2.76. The molecule has 3 rings (SSSR count). The van der Waals surface area contributed by atoms with Crippen LogP contribution in [0.1, 0.15) is 17.5 Å². The normalized spacial score (nSPS) is 26.1.